The van der Waals surface area contributed by atoms with Gasteiger partial charge in [0.05, 0.1) is 11.3 Å². The van der Waals surface area contributed by atoms with Gasteiger partial charge in [0.1, 0.15) is 0 Å². The number of nitrogens with zero attached hydrogens (tertiary/aromatic N) is 1. The molecule has 2 N–H and O–H groups in total. The number of aliphatic hydroxyl groups excluding tert-OH is 1. The van der Waals surface area contributed by atoms with Crippen molar-refractivity contribution in [2.24, 2.45) is 0 Å². The van der Waals surface area contributed by atoms with E-state index in [-0.39, 0.29) is 12.2 Å². The molecule has 0 bridgehead atoms. The standard InChI is InChI=1S/C14H13NO3/c16-8-6-10-5-2-7-15-13(10)11-3-1-4-12(9-11)14(17)18/h1-5,7,9,16H,6,8H2,(H,17,18). The van der Waals surface area contributed by atoms with Gasteiger partial charge in [0.2, 0.25) is 0 Å². The molecule has 1 heterocycles. The van der Waals surface area contributed by atoms with Gasteiger partial charge in [-0.05, 0) is 30.2 Å². The normalized spacial score (nSPS) is 10.3. The molecule has 0 saturated heterocycles. The molecule has 0 aliphatic rings. The molecule has 0 unspecified atom stereocenters. The minimum Gasteiger partial charge on any atom is -0.478 e. The summed E-state index contributed by atoms with van der Waals surface area (Å²) in [4.78, 5) is 15.2. The number of carbonyl (C=O) groups is 1. The second-order valence-corrected chi connectivity index (χ2v) is 3.87. The quantitative estimate of drug-likeness (QED) is 0.861. The summed E-state index contributed by atoms with van der Waals surface area (Å²) < 4.78 is 0. The van der Waals surface area contributed by atoms with E-state index in [4.69, 9.17) is 10.2 Å². The minimum atomic E-state index is -0.962. The van der Waals surface area contributed by atoms with Crippen molar-refractivity contribution < 1.29 is 15.0 Å². The Bertz CT molecular complexity index is 566. The van der Waals surface area contributed by atoms with Gasteiger partial charge in [-0.25, -0.2) is 4.79 Å². The van der Waals surface area contributed by atoms with Crippen molar-refractivity contribution in [3.05, 3.63) is 53.7 Å². The van der Waals surface area contributed by atoms with E-state index in [1.165, 1.54) is 0 Å². The summed E-state index contributed by atoms with van der Waals surface area (Å²) in [6.07, 6.45) is 2.16. The zero-order valence-corrected chi connectivity index (χ0v) is 9.71. The zero-order chi connectivity index (χ0) is 13.0. The summed E-state index contributed by atoms with van der Waals surface area (Å²) in [6, 6.07) is 10.3. The highest BCUT2D eigenvalue weighted by molar-refractivity contribution is 5.89. The molecule has 0 fully saturated rings. The summed E-state index contributed by atoms with van der Waals surface area (Å²) in [6.45, 7) is 0.0390. The number of carboxylic acid groups (broad SMARTS) is 1. The second kappa shape index (κ2) is 5.42. The fourth-order valence-corrected chi connectivity index (χ4v) is 1.82. The van der Waals surface area contributed by atoms with Crippen LogP contribution in [0.1, 0.15) is 15.9 Å². The number of aliphatic hydroxyl groups is 1. The lowest BCUT2D eigenvalue weighted by Crippen LogP contribution is -1.99. The number of hydrogen-bond donors (Lipinski definition) is 2. The molecule has 0 amide bonds. The molecule has 1 aromatic heterocycles. The Hall–Kier alpha value is -2.20. The van der Waals surface area contributed by atoms with Crippen LogP contribution in [0.25, 0.3) is 11.3 Å². The third-order valence-electron chi connectivity index (χ3n) is 2.66. The third kappa shape index (κ3) is 2.55. The van der Waals surface area contributed by atoms with Gasteiger partial charge in [0, 0.05) is 18.4 Å². The van der Waals surface area contributed by atoms with Crippen molar-refractivity contribution in [3.63, 3.8) is 0 Å². The number of aromatic carboxylic acids is 1. The summed E-state index contributed by atoms with van der Waals surface area (Å²) >= 11 is 0. The van der Waals surface area contributed by atoms with Crippen molar-refractivity contribution in [2.45, 2.75) is 6.42 Å². The largest absolute Gasteiger partial charge is 0.478 e. The van der Waals surface area contributed by atoms with E-state index in [1.807, 2.05) is 12.1 Å². The molecular weight excluding hydrogens is 230 g/mol. The fraction of sp³-hybridized carbons (Fsp3) is 0.143. The summed E-state index contributed by atoms with van der Waals surface area (Å²) in [5.41, 5.74) is 2.60. The lowest BCUT2D eigenvalue weighted by molar-refractivity contribution is 0.0697. The maximum Gasteiger partial charge on any atom is 0.335 e. The maximum atomic E-state index is 10.9. The Kier molecular flexibility index (Phi) is 3.69. The topological polar surface area (TPSA) is 70.4 Å². The van der Waals surface area contributed by atoms with Crippen molar-refractivity contribution in [2.75, 3.05) is 6.61 Å². The van der Waals surface area contributed by atoms with E-state index in [1.54, 1.807) is 30.5 Å². The Morgan fingerprint density at radius 1 is 1.22 bits per heavy atom. The van der Waals surface area contributed by atoms with Gasteiger partial charge in [0.25, 0.3) is 0 Å². The molecule has 2 rings (SSSR count). The van der Waals surface area contributed by atoms with Crippen LogP contribution in [-0.4, -0.2) is 27.8 Å². The lowest BCUT2D eigenvalue weighted by atomic mass is 10.0. The van der Waals surface area contributed by atoms with E-state index in [9.17, 15) is 4.79 Å². The monoisotopic (exact) mass is 243 g/mol. The molecule has 0 aliphatic carbocycles. The van der Waals surface area contributed by atoms with Crippen LogP contribution >= 0.6 is 0 Å². The number of carboxylic acids is 1. The van der Waals surface area contributed by atoms with Crippen LogP contribution in [0.15, 0.2) is 42.6 Å². The van der Waals surface area contributed by atoms with Crippen molar-refractivity contribution in [3.8, 4) is 11.3 Å². The Balaban J connectivity index is 2.48. The summed E-state index contributed by atoms with van der Waals surface area (Å²) in [5.74, 6) is -0.962. The van der Waals surface area contributed by atoms with E-state index >= 15 is 0 Å². The molecule has 18 heavy (non-hydrogen) atoms. The first kappa shape index (κ1) is 12.3. The van der Waals surface area contributed by atoms with Gasteiger partial charge in [0.15, 0.2) is 0 Å². The summed E-state index contributed by atoms with van der Waals surface area (Å²) in [7, 11) is 0. The first-order chi connectivity index (χ1) is 8.72. The Morgan fingerprint density at radius 3 is 2.78 bits per heavy atom. The van der Waals surface area contributed by atoms with Crippen LogP contribution in [0.3, 0.4) is 0 Å². The number of rotatable bonds is 4. The number of pyridine rings is 1. The third-order valence-corrected chi connectivity index (χ3v) is 2.66. The van der Waals surface area contributed by atoms with Crippen LogP contribution in [0, 0.1) is 0 Å². The van der Waals surface area contributed by atoms with Gasteiger partial charge >= 0.3 is 5.97 Å². The first-order valence-electron chi connectivity index (χ1n) is 5.61. The Labute approximate surface area is 105 Å². The predicted molar refractivity (Wildman–Crippen MR) is 67.4 cm³/mol. The van der Waals surface area contributed by atoms with Gasteiger partial charge in [-0.3, -0.25) is 4.98 Å². The molecule has 0 atom stereocenters. The predicted octanol–water partition coefficient (Wildman–Crippen LogP) is 1.98. The highest BCUT2D eigenvalue weighted by atomic mass is 16.4. The van der Waals surface area contributed by atoms with E-state index in [2.05, 4.69) is 4.98 Å². The average Bonchev–Trinajstić information content (AvgIpc) is 2.40. The van der Waals surface area contributed by atoms with Crippen LogP contribution in [-0.2, 0) is 6.42 Å². The van der Waals surface area contributed by atoms with Crippen molar-refractivity contribution in [1.29, 1.82) is 0 Å². The highest BCUT2D eigenvalue weighted by Gasteiger charge is 2.09. The Morgan fingerprint density at radius 2 is 2.06 bits per heavy atom. The first-order valence-corrected chi connectivity index (χ1v) is 5.61. The minimum absolute atomic E-state index is 0.0390. The SMILES string of the molecule is O=C(O)c1cccc(-c2ncccc2CCO)c1. The van der Waals surface area contributed by atoms with Gasteiger partial charge in [-0.15, -0.1) is 0 Å². The molecule has 0 radical (unpaired) electrons. The molecule has 2 aromatic rings. The molecule has 4 heteroatoms. The van der Waals surface area contributed by atoms with Crippen molar-refractivity contribution >= 4 is 5.97 Å². The van der Waals surface area contributed by atoms with Gasteiger partial charge < -0.3 is 10.2 Å². The second-order valence-electron chi connectivity index (χ2n) is 3.87. The molecule has 1 aromatic carbocycles. The molecule has 92 valence electrons. The van der Waals surface area contributed by atoms with Crippen LogP contribution in [0.5, 0.6) is 0 Å². The zero-order valence-electron chi connectivity index (χ0n) is 9.71. The van der Waals surface area contributed by atoms with Gasteiger partial charge in [-0.2, -0.15) is 0 Å². The van der Waals surface area contributed by atoms with E-state index in [0.717, 1.165) is 16.8 Å². The van der Waals surface area contributed by atoms with Gasteiger partial charge in [-0.1, -0.05) is 18.2 Å². The number of aromatic nitrogens is 1. The molecule has 0 aliphatic heterocycles. The van der Waals surface area contributed by atoms with Crippen molar-refractivity contribution in [1.82, 2.24) is 4.98 Å². The molecule has 4 nitrogen and oxygen atoms in total. The molecule has 0 spiro atoms. The van der Waals surface area contributed by atoms with Crippen LogP contribution in [0.4, 0.5) is 0 Å². The van der Waals surface area contributed by atoms with E-state index < -0.39 is 5.97 Å². The smallest absolute Gasteiger partial charge is 0.335 e. The fourth-order valence-electron chi connectivity index (χ4n) is 1.82. The summed E-state index contributed by atoms with van der Waals surface area (Å²) in [5, 5.41) is 18.0. The number of benzene rings is 1. The van der Waals surface area contributed by atoms with E-state index in [0.29, 0.717) is 6.42 Å². The van der Waals surface area contributed by atoms with Crippen LogP contribution in [0.2, 0.25) is 0 Å². The number of hydrogen-bond acceptors (Lipinski definition) is 3. The van der Waals surface area contributed by atoms with Crippen LogP contribution < -0.4 is 0 Å². The highest BCUT2D eigenvalue weighted by Crippen LogP contribution is 2.22. The average molecular weight is 243 g/mol. The lowest BCUT2D eigenvalue weighted by Gasteiger charge is -2.07. The molecule has 0 saturated carbocycles. The maximum absolute atomic E-state index is 10.9. The molecular formula is C14H13NO3.